The lowest BCUT2D eigenvalue weighted by molar-refractivity contribution is 0.596. The van der Waals surface area contributed by atoms with Gasteiger partial charge in [-0.3, -0.25) is 9.36 Å². The Morgan fingerprint density at radius 3 is 2.79 bits per heavy atom. The van der Waals surface area contributed by atoms with Crippen LogP contribution in [-0.2, 0) is 6.54 Å². The molecule has 0 atom stereocenters. The van der Waals surface area contributed by atoms with Gasteiger partial charge in [-0.25, -0.2) is 14.4 Å². The minimum atomic E-state index is -0.369. The van der Waals surface area contributed by atoms with Crippen LogP contribution >= 0.6 is 0 Å². The van der Waals surface area contributed by atoms with Crippen molar-refractivity contribution >= 4 is 21.9 Å². The van der Waals surface area contributed by atoms with Crippen LogP contribution in [0, 0.1) is 5.82 Å². The number of aromatic amines is 1. The minimum absolute atomic E-state index is 0.123. The number of para-hydroxylation sites is 1. The van der Waals surface area contributed by atoms with Gasteiger partial charge < -0.3 is 4.98 Å². The van der Waals surface area contributed by atoms with Crippen LogP contribution < -0.4 is 5.56 Å². The first-order valence-corrected chi connectivity index (χ1v) is 8.85. The summed E-state index contributed by atoms with van der Waals surface area (Å²) in [4.78, 5) is 24.3. The summed E-state index contributed by atoms with van der Waals surface area (Å²) in [5.41, 5.74) is 3.24. The van der Waals surface area contributed by atoms with E-state index in [1.165, 1.54) is 17.0 Å². The first kappa shape index (κ1) is 16.4. The highest BCUT2D eigenvalue weighted by atomic mass is 19.1. The molecule has 3 aromatic heterocycles. The summed E-state index contributed by atoms with van der Waals surface area (Å²) in [5.74, 6) is -0.369. The Morgan fingerprint density at radius 1 is 1.00 bits per heavy atom. The lowest BCUT2D eigenvalue weighted by atomic mass is 10.0. The monoisotopic (exact) mass is 370 g/mol. The van der Waals surface area contributed by atoms with E-state index >= 15 is 0 Å². The van der Waals surface area contributed by atoms with Gasteiger partial charge in [0.05, 0.1) is 23.8 Å². The van der Waals surface area contributed by atoms with E-state index < -0.39 is 0 Å². The highest BCUT2D eigenvalue weighted by molar-refractivity contribution is 5.81. The van der Waals surface area contributed by atoms with Gasteiger partial charge in [-0.05, 0) is 35.9 Å². The Labute approximate surface area is 159 Å². The third kappa shape index (κ3) is 2.75. The summed E-state index contributed by atoms with van der Waals surface area (Å²) in [6.45, 7) is 0.123. The van der Waals surface area contributed by atoms with Gasteiger partial charge in [0.2, 0.25) is 0 Å². The van der Waals surface area contributed by atoms with Gasteiger partial charge in [-0.2, -0.15) is 0 Å². The number of rotatable bonds is 3. The summed E-state index contributed by atoms with van der Waals surface area (Å²) in [7, 11) is 0. The van der Waals surface area contributed by atoms with Crippen molar-refractivity contribution in [3.05, 3.63) is 95.1 Å². The molecule has 2 aromatic carbocycles. The number of aromatic nitrogens is 4. The molecule has 0 bridgehead atoms. The molecule has 6 heteroatoms. The normalized spacial score (nSPS) is 11.3. The van der Waals surface area contributed by atoms with Crippen molar-refractivity contribution < 1.29 is 4.39 Å². The van der Waals surface area contributed by atoms with E-state index in [9.17, 15) is 9.18 Å². The molecule has 5 aromatic rings. The Balaban J connectivity index is 1.50. The van der Waals surface area contributed by atoms with E-state index in [0.29, 0.717) is 16.5 Å². The molecule has 0 aliphatic heterocycles. The molecule has 5 rings (SSSR count). The molecule has 0 saturated heterocycles. The summed E-state index contributed by atoms with van der Waals surface area (Å²) < 4.78 is 16.2. The third-order valence-corrected chi connectivity index (χ3v) is 4.86. The summed E-state index contributed by atoms with van der Waals surface area (Å²) in [6, 6.07) is 16.0. The average molecular weight is 370 g/mol. The molecule has 0 radical (unpaired) electrons. The smallest absolute Gasteiger partial charge is 0.261 e. The van der Waals surface area contributed by atoms with Crippen LogP contribution in [-0.4, -0.2) is 19.5 Å². The molecule has 0 unspecified atom stereocenters. The number of hydrogen-bond donors (Lipinski definition) is 1. The van der Waals surface area contributed by atoms with E-state index in [2.05, 4.69) is 15.0 Å². The molecule has 5 nitrogen and oxygen atoms in total. The number of hydrogen-bond acceptors (Lipinski definition) is 3. The van der Waals surface area contributed by atoms with Gasteiger partial charge in [-0.1, -0.05) is 24.3 Å². The highest BCUT2D eigenvalue weighted by Crippen LogP contribution is 2.24. The zero-order chi connectivity index (χ0) is 19.1. The second kappa shape index (κ2) is 6.42. The molecule has 0 spiro atoms. The first-order chi connectivity index (χ1) is 13.7. The van der Waals surface area contributed by atoms with Gasteiger partial charge in [0.1, 0.15) is 11.5 Å². The minimum Gasteiger partial charge on any atom is -0.346 e. The largest absolute Gasteiger partial charge is 0.346 e. The zero-order valence-electron chi connectivity index (χ0n) is 14.8. The van der Waals surface area contributed by atoms with Crippen molar-refractivity contribution in [3.63, 3.8) is 0 Å². The number of fused-ring (bicyclic) bond motifs is 2. The van der Waals surface area contributed by atoms with E-state index in [4.69, 9.17) is 0 Å². The maximum atomic E-state index is 14.8. The predicted octanol–water partition coefficient (Wildman–Crippen LogP) is 4.13. The fourth-order valence-corrected chi connectivity index (χ4v) is 3.36. The fraction of sp³-hybridized carbons (Fsp3) is 0.0455. The number of nitrogens with one attached hydrogen (secondary N) is 1. The van der Waals surface area contributed by atoms with E-state index in [0.717, 1.165) is 22.2 Å². The molecular formula is C22H15FN4O. The molecule has 0 fully saturated rings. The standard InChI is InChI=1S/C22H15FN4O/c23-19-10-14(17-9-15-7-8-24-21(15)25-11-17)5-6-16(19)12-27-13-26-20-4-2-1-3-18(20)22(27)28/h1-11,13H,12H2,(H,24,25). The number of nitrogens with zero attached hydrogens (tertiary/aromatic N) is 3. The second-order valence-electron chi connectivity index (χ2n) is 6.64. The Morgan fingerprint density at radius 2 is 1.89 bits per heavy atom. The Kier molecular flexibility index (Phi) is 3.76. The SMILES string of the molecule is O=c1c2ccccc2ncn1Cc1ccc(-c2cnc3[nH]ccc3c2)cc1F. The van der Waals surface area contributed by atoms with Gasteiger partial charge in [-0.15, -0.1) is 0 Å². The molecule has 0 amide bonds. The van der Waals surface area contributed by atoms with Gasteiger partial charge in [0.25, 0.3) is 5.56 Å². The second-order valence-corrected chi connectivity index (χ2v) is 6.64. The molecule has 136 valence electrons. The Hall–Kier alpha value is -3.80. The van der Waals surface area contributed by atoms with Crippen molar-refractivity contribution in [1.29, 1.82) is 0 Å². The fourth-order valence-electron chi connectivity index (χ4n) is 3.36. The molecular weight excluding hydrogens is 355 g/mol. The summed E-state index contributed by atoms with van der Waals surface area (Å²) in [5, 5.41) is 1.49. The maximum absolute atomic E-state index is 14.8. The lowest BCUT2D eigenvalue weighted by Crippen LogP contribution is -2.21. The van der Waals surface area contributed by atoms with Crippen LogP contribution in [0.1, 0.15) is 5.56 Å². The molecule has 1 N–H and O–H groups in total. The molecule has 0 saturated carbocycles. The van der Waals surface area contributed by atoms with Crippen LogP contribution in [0.5, 0.6) is 0 Å². The molecule has 28 heavy (non-hydrogen) atoms. The van der Waals surface area contributed by atoms with Gasteiger partial charge >= 0.3 is 0 Å². The maximum Gasteiger partial charge on any atom is 0.261 e. The van der Waals surface area contributed by atoms with E-state index in [-0.39, 0.29) is 17.9 Å². The van der Waals surface area contributed by atoms with Crippen LogP contribution in [0.3, 0.4) is 0 Å². The molecule has 3 heterocycles. The van der Waals surface area contributed by atoms with Crippen LogP contribution in [0.4, 0.5) is 4.39 Å². The topological polar surface area (TPSA) is 63.6 Å². The van der Waals surface area contributed by atoms with Crippen molar-refractivity contribution in [3.8, 4) is 11.1 Å². The zero-order valence-corrected chi connectivity index (χ0v) is 14.8. The number of pyridine rings is 1. The van der Waals surface area contributed by atoms with Crippen molar-refractivity contribution in [2.24, 2.45) is 0 Å². The highest BCUT2D eigenvalue weighted by Gasteiger charge is 2.10. The first-order valence-electron chi connectivity index (χ1n) is 8.85. The van der Waals surface area contributed by atoms with Crippen molar-refractivity contribution in [2.45, 2.75) is 6.54 Å². The molecule has 0 aliphatic rings. The van der Waals surface area contributed by atoms with Crippen LogP contribution in [0.25, 0.3) is 33.1 Å². The predicted molar refractivity (Wildman–Crippen MR) is 107 cm³/mol. The third-order valence-electron chi connectivity index (χ3n) is 4.86. The van der Waals surface area contributed by atoms with Crippen LogP contribution in [0.15, 0.2) is 78.1 Å². The number of H-pyrrole nitrogens is 1. The quantitative estimate of drug-likeness (QED) is 0.519. The lowest BCUT2D eigenvalue weighted by Gasteiger charge is -2.09. The number of halogens is 1. The average Bonchev–Trinajstić information content (AvgIpc) is 3.19. The van der Waals surface area contributed by atoms with Crippen molar-refractivity contribution in [2.75, 3.05) is 0 Å². The number of benzene rings is 2. The van der Waals surface area contributed by atoms with E-state index in [1.54, 1.807) is 30.5 Å². The summed E-state index contributed by atoms with van der Waals surface area (Å²) in [6.07, 6.45) is 4.99. The van der Waals surface area contributed by atoms with Gasteiger partial charge in [0, 0.05) is 28.9 Å². The molecule has 0 aliphatic carbocycles. The van der Waals surface area contributed by atoms with E-state index in [1.807, 2.05) is 30.5 Å². The Bertz CT molecular complexity index is 1390. The van der Waals surface area contributed by atoms with Gasteiger partial charge in [0.15, 0.2) is 0 Å². The summed E-state index contributed by atoms with van der Waals surface area (Å²) >= 11 is 0. The van der Waals surface area contributed by atoms with Crippen molar-refractivity contribution in [1.82, 2.24) is 19.5 Å². The van der Waals surface area contributed by atoms with Crippen LogP contribution in [0.2, 0.25) is 0 Å².